The Labute approximate surface area is 131 Å². The van der Waals surface area contributed by atoms with Crippen molar-refractivity contribution in [3.05, 3.63) is 23.8 Å². The molecule has 3 aliphatic carbocycles. The second kappa shape index (κ2) is 5.86. The van der Waals surface area contributed by atoms with E-state index in [4.69, 9.17) is 0 Å². The number of nitrogens with one attached hydrogen (secondary N) is 1. The maximum Gasteiger partial charge on any atom is 0.220 e. The molecule has 1 aromatic heterocycles. The van der Waals surface area contributed by atoms with E-state index in [1.165, 1.54) is 32.1 Å². The van der Waals surface area contributed by atoms with Gasteiger partial charge in [0, 0.05) is 18.4 Å². The quantitative estimate of drug-likeness (QED) is 0.822. The van der Waals surface area contributed by atoms with Gasteiger partial charge in [0.15, 0.2) is 5.82 Å². The van der Waals surface area contributed by atoms with Crippen LogP contribution in [-0.2, 0) is 11.3 Å². The molecule has 1 amide bonds. The SMILES string of the molecule is O=C(CC1C=CCCC1)NCc1nnc(C2CC2)n1C1CC1. The summed E-state index contributed by atoms with van der Waals surface area (Å²) in [6.07, 6.45) is 13.4. The molecule has 0 aromatic carbocycles. The fourth-order valence-corrected chi connectivity index (χ4v) is 3.35. The zero-order valence-electron chi connectivity index (χ0n) is 13.0. The van der Waals surface area contributed by atoms with E-state index in [9.17, 15) is 4.79 Å². The predicted molar refractivity (Wildman–Crippen MR) is 83.2 cm³/mol. The van der Waals surface area contributed by atoms with Gasteiger partial charge in [0.1, 0.15) is 5.82 Å². The van der Waals surface area contributed by atoms with E-state index in [0.717, 1.165) is 24.5 Å². The molecule has 5 heteroatoms. The lowest BCUT2D eigenvalue weighted by Crippen LogP contribution is -2.26. The van der Waals surface area contributed by atoms with E-state index in [1.54, 1.807) is 0 Å². The number of hydrogen-bond donors (Lipinski definition) is 1. The lowest BCUT2D eigenvalue weighted by molar-refractivity contribution is -0.122. The summed E-state index contributed by atoms with van der Waals surface area (Å²) < 4.78 is 2.30. The number of allylic oxidation sites excluding steroid dienone is 2. The van der Waals surface area contributed by atoms with Gasteiger partial charge in [0.05, 0.1) is 6.54 Å². The Kier molecular flexibility index (Phi) is 3.72. The Bertz CT molecular complexity index is 583. The third kappa shape index (κ3) is 3.08. The molecule has 1 atom stereocenters. The lowest BCUT2D eigenvalue weighted by Gasteiger charge is -2.16. The van der Waals surface area contributed by atoms with Crippen molar-refractivity contribution in [2.75, 3.05) is 0 Å². The van der Waals surface area contributed by atoms with Gasteiger partial charge < -0.3 is 9.88 Å². The maximum absolute atomic E-state index is 12.1. The van der Waals surface area contributed by atoms with Gasteiger partial charge in [-0.2, -0.15) is 0 Å². The highest BCUT2D eigenvalue weighted by Crippen LogP contribution is 2.44. The lowest BCUT2D eigenvalue weighted by atomic mass is 9.93. The van der Waals surface area contributed by atoms with E-state index in [1.807, 2.05) is 0 Å². The minimum atomic E-state index is 0.134. The standard InChI is InChI=1S/C17H24N4O/c22-16(10-12-4-2-1-3-5-12)18-11-15-19-20-17(13-6-7-13)21(15)14-8-9-14/h2,4,12-14H,1,3,5-11H2,(H,18,22). The summed E-state index contributed by atoms with van der Waals surface area (Å²) in [6, 6.07) is 0.582. The van der Waals surface area contributed by atoms with Crippen LogP contribution in [0, 0.1) is 5.92 Å². The molecule has 4 rings (SSSR count). The molecule has 22 heavy (non-hydrogen) atoms. The molecule has 0 saturated heterocycles. The minimum Gasteiger partial charge on any atom is -0.349 e. The molecule has 118 valence electrons. The highest BCUT2D eigenvalue weighted by atomic mass is 16.1. The summed E-state index contributed by atoms with van der Waals surface area (Å²) in [5.74, 6) is 3.26. The molecule has 5 nitrogen and oxygen atoms in total. The normalized spacial score (nSPS) is 24.5. The van der Waals surface area contributed by atoms with Gasteiger partial charge in [0.25, 0.3) is 0 Å². The van der Waals surface area contributed by atoms with E-state index in [-0.39, 0.29) is 5.91 Å². The summed E-state index contributed by atoms with van der Waals surface area (Å²) in [5, 5.41) is 11.8. The number of carbonyl (C=O) groups is 1. The van der Waals surface area contributed by atoms with Crippen molar-refractivity contribution in [2.24, 2.45) is 5.92 Å². The van der Waals surface area contributed by atoms with Crippen LogP contribution in [0.4, 0.5) is 0 Å². The van der Waals surface area contributed by atoms with Crippen molar-refractivity contribution in [3.63, 3.8) is 0 Å². The number of rotatable bonds is 6. The van der Waals surface area contributed by atoms with E-state index in [0.29, 0.717) is 30.8 Å². The predicted octanol–water partition coefficient (Wildman–Crippen LogP) is 2.85. The van der Waals surface area contributed by atoms with Crippen LogP contribution in [-0.4, -0.2) is 20.7 Å². The largest absolute Gasteiger partial charge is 0.349 e. The van der Waals surface area contributed by atoms with Gasteiger partial charge in [-0.05, 0) is 50.9 Å². The van der Waals surface area contributed by atoms with E-state index in [2.05, 4.69) is 32.2 Å². The molecule has 1 aromatic rings. The summed E-state index contributed by atoms with van der Waals surface area (Å²) >= 11 is 0. The molecule has 0 radical (unpaired) electrons. The first-order chi connectivity index (χ1) is 10.8. The number of nitrogens with zero attached hydrogens (tertiary/aromatic N) is 3. The van der Waals surface area contributed by atoms with Crippen LogP contribution < -0.4 is 5.32 Å². The summed E-state index contributed by atoms with van der Waals surface area (Å²) in [7, 11) is 0. The molecule has 1 unspecified atom stereocenters. The Morgan fingerprint density at radius 3 is 2.77 bits per heavy atom. The molecule has 1 heterocycles. The zero-order valence-corrected chi connectivity index (χ0v) is 13.0. The highest BCUT2D eigenvalue weighted by Gasteiger charge is 2.36. The Morgan fingerprint density at radius 2 is 2.09 bits per heavy atom. The molecule has 0 aliphatic heterocycles. The molecular weight excluding hydrogens is 276 g/mol. The van der Waals surface area contributed by atoms with Gasteiger partial charge in [-0.3, -0.25) is 4.79 Å². The van der Waals surface area contributed by atoms with Crippen LogP contribution in [0.15, 0.2) is 12.2 Å². The van der Waals surface area contributed by atoms with Crippen molar-refractivity contribution in [1.82, 2.24) is 20.1 Å². The number of hydrogen-bond acceptors (Lipinski definition) is 3. The van der Waals surface area contributed by atoms with Crippen LogP contribution in [0.1, 0.15) is 75.0 Å². The molecule has 0 bridgehead atoms. The van der Waals surface area contributed by atoms with Crippen molar-refractivity contribution in [3.8, 4) is 0 Å². The van der Waals surface area contributed by atoms with Crippen molar-refractivity contribution >= 4 is 5.91 Å². The zero-order chi connectivity index (χ0) is 14.9. The number of carbonyl (C=O) groups excluding carboxylic acids is 1. The average molecular weight is 300 g/mol. The molecule has 2 saturated carbocycles. The first-order valence-electron chi connectivity index (χ1n) is 8.68. The number of amides is 1. The van der Waals surface area contributed by atoms with Crippen LogP contribution in [0.3, 0.4) is 0 Å². The van der Waals surface area contributed by atoms with Gasteiger partial charge in [-0.15, -0.1) is 10.2 Å². The summed E-state index contributed by atoms with van der Waals surface area (Å²) in [5.41, 5.74) is 0. The Morgan fingerprint density at radius 1 is 1.23 bits per heavy atom. The topological polar surface area (TPSA) is 59.8 Å². The monoisotopic (exact) mass is 300 g/mol. The molecule has 2 fully saturated rings. The third-order valence-corrected chi connectivity index (χ3v) is 4.89. The van der Waals surface area contributed by atoms with Gasteiger partial charge in [0.2, 0.25) is 5.91 Å². The molecule has 3 aliphatic rings. The van der Waals surface area contributed by atoms with E-state index < -0.39 is 0 Å². The fourth-order valence-electron chi connectivity index (χ4n) is 3.35. The first-order valence-corrected chi connectivity index (χ1v) is 8.68. The molecular formula is C17H24N4O. The van der Waals surface area contributed by atoms with Crippen LogP contribution in [0.25, 0.3) is 0 Å². The fraction of sp³-hybridized carbons (Fsp3) is 0.706. The smallest absolute Gasteiger partial charge is 0.220 e. The van der Waals surface area contributed by atoms with Gasteiger partial charge >= 0.3 is 0 Å². The Hall–Kier alpha value is -1.65. The molecule has 1 N–H and O–H groups in total. The van der Waals surface area contributed by atoms with Crippen LogP contribution in [0.5, 0.6) is 0 Å². The first kappa shape index (κ1) is 14.0. The second-order valence-electron chi connectivity index (χ2n) is 6.95. The van der Waals surface area contributed by atoms with Gasteiger partial charge in [-0.1, -0.05) is 12.2 Å². The Balaban J connectivity index is 1.36. The third-order valence-electron chi connectivity index (χ3n) is 4.89. The molecule has 0 spiro atoms. The minimum absolute atomic E-state index is 0.134. The van der Waals surface area contributed by atoms with Crippen molar-refractivity contribution in [1.29, 1.82) is 0 Å². The number of aromatic nitrogens is 3. The van der Waals surface area contributed by atoms with Gasteiger partial charge in [-0.25, -0.2) is 0 Å². The van der Waals surface area contributed by atoms with Crippen LogP contribution in [0.2, 0.25) is 0 Å². The average Bonchev–Trinajstić information content (AvgIpc) is 3.45. The van der Waals surface area contributed by atoms with Crippen molar-refractivity contribution < 1.29 is 4.79 Å². The maximum atomic E-state index is 12.1. The highest BCUT2D eigenvalue weighted by molar-refractivity contribution is 5.76. The van der Waals surface area contributed by atoms with Crippen LogP contribution >= 0.6 is 0 Å². The second-order valence-corrected chi connectivity index (χ2v) is 6.95. The summed E-state index contributed by atoms with van der Waals surface area (Å²) in [6.45, 7) is 0.519. The van der Waals surface area contributed by atoms with Crippen molar-refractivity contribution in [2.45, 2.75) is 69.9 Å². The van der Waals surface area contributed by atoms with E-state index >= 15 is 0 Å². The summed E-state index contributed by atoms with van der Waals surface area (Å²) in [4.78, 5) is 12.1.